The number of methoxy groups -OCH3 is 1. The summed E-state index contributed by atoms with van der Waals surface area (Å²) in [6.45, 7) is 0. The normalized spacial score (nSPS) is 11.4. The summed E-state index contributed by atoms with van der Waals surface area (Å²) < 4.78 is 5.31. The monoisotopic (exact) mass is 346 g/mol. The molecule has 8 heteroatoms. The number of nitrogens with zero attached hydrogens (tertiary/aromatic N) is 2. The summed E-state index contributed by atoms with van der Waals surface area (Å²) in [5.41, 5.74) is 3.61. The summed E-state index contributed by atoms with van der Waals surface area (Å²) in [5.74, 6) is 1.40. The van der Waals surface area contributed by atoms with Crippen LogP contribution in [0.3, 0.4) is 0 Å². The van der Waals surface area contributed by atoms with Crippen LogP contribution < -0.4 is 15.7 Å². The van der Waals surface area contributed by atoms with E-state index in [1.165, 1.54) is 0 Å². The molecular formula is C18H14N6O2. The van der Waals surface area contributed by atoms with Crippen molar-refractivity contribution in [1.82, 2.24) is 25.1 Å². The lowest BCUT2D eigenvalue weighted by Crippen LogP contribution is -1.99. The Labute approximate surface area is 146 Å². The number of ether oxygens (including phenoxy) is 1. The summed E-state index contributed by atoms with van der Waals surface area (Å²) in [5, 5.41) is 12.4. The number of H-pyrrole nitrogens is 3. The molecule has 0 bridgehead atoms. The highest BCUT2D eigenvalue weighted by molar-refractivity contribution is 6.09. The number of anilines is 2. The number of pyridine rings is 1. The number of benzene rings is 2. The van der Waals surface area contributed by atoms with Gasteiger partial charge in [-0.05, 0) is 36.4 Å². The van der Waals surface area contributed by atoms with Crippen LogP contribution in [-0.2, 0) is 0 Å². The maximum Gasteiger partial charge on any atom is 0.323 e. The molecule has 128 valence electrons. The molecule has 5 rings (SSSR count). The number of hydrogen-bond donors (Lipinski definition) is 4. The van der Waals surface area contributed by atoms with Gasteiger partial charge in [-0.1, -0.05) is 0 Å². The second kappa shape index (κ2) is 5.35. The molecule has 4 N–H and O–H groups in total. The van der Waals surface area contributed by atoms with Crippen molar-refractivity contribution in [3.63, 3.8) is 0 Å². The van der Waals surface area contributed by atoms with Gasteiger partial charge in [0.25, 0.3) is 0 Å². The van der Waals surface area contributed by atoms with Crippen LogP contribution >= 0.6 is 0 Å². The van der Waals surface area contributed by atoms with E-state index in [9.17, 15) is 4.79 Å². The summed E-state index contributed by atoms with van der Waals surface area (Å²) in [7, 11) is 1.64. The van der Waals surface area contributed by atoms with Gasteiger partial charge in [0.2, 0.25) is 0 Å². The van der Waals surface area contributed by atoms with E-state index in [0.29, 0.717) is 5.82 Å². The molecule has 0 saturated heterocycles. The molecule has 3 aromatic heterocycles. The fraction of sp³-hybridized carbons (Fsp3) is 0.0556. The van der Waals surface area contributed by atoms with Crippen LogP contribution in [0.1, 0.15) is 0 Å². The molecule has 8 nitrogen and oxygen atoms in total. The lowest BCUT2D eigenvalue weighted by atomic mass is 10.1. The lowest BCUT2D eigenvalue weighted by molar-refractivity contribution is 0.415. The van der Waals surface area contributed by atoms with Crippen molar-refractivity contribution in [3.05, 3.63) is 53.1 Å². The van der Waals surface area contributed by atoms with E-state index >= 15 is 0 Å². The minimum atomic E-state index is -0.232. The number of aromatic nitrogens is 5. The third-order valence-electron chi connectivity index (χ3n) is 4.37. The zero-order valence-electron chi connectivity index (χ0n) is 13.8. The Balaban J connectivity index is 1.66. The van der Waals surface area contributed by atoms with Gasteiger partial charge in [0.05, 0.1) is 23.7 Å². The average molecular weight is 346 g/mol. The van der Waals surface area contributed by atoms with Crippen molar-refractivity contribution in [2.75, 3.05) is 12.4 Å². The molecule has 0 atom stereocenters. The predicted octanol–water partition coefficient (Wildman–Crippen LogP) is 3.03. The molecule has 0 amide bonds. The Hall–Kier alpha value is -3.81. The lowest BCUT2D eigenvalue weighted by Gasteiger charge is -2.09. The van der Waals surface area contributed by atoms with Crippen molar-refractivity contribution in [3.8, 4) is 5.75 Å². The van der Waals surface area contributed by atoms with Gasteiger partial charge in [-0.3, -0.25) is 5.10 Å². The third kappa shape index (κ3) is 2.20. The third-order valence-corrected chi connectivity index (χ3v) is 4.37. The molecule has 0 aliphatic heterocycles. The van der Waals surface area contributed by atoms with E-state index in [4.69, 9.17) is 9.72 Å². The second-order valence-corrected chi connectivity index (χ2v) is 5.96. The molecule has 0 saturated carbocycles. The molecule has 0 aliphatic rings. The highest BCUT2D eigenvalue weighted by atomic mass is 16.5. The van der Waals surface area contributed by atoms with Gasteiger partial charge in [0.15, 0.2) is 5.82 Å². The average Bonchev–Trinajstić information content (AvgIpc) is 3.27. The van der Waals surface area contributed by atoms with Gasteiger partial charge >= 0.3 is 5.69 Å². The molecule has 0 aliphatic carbocycles. The van der Waals surface area contributed by atoms with E-state index in [1.807, 2.05) is 42.6 Å². The Morgan fingerprint density at radius 3 is 2.81 bits per heavy atom. The Morgan fingerprint density at radius 2 is 1.92 bits per heavy atom. The molecule has 26 heavy (non-hydrogen) atoms. The van der Waals surface area contributed by atoms with Crippen molar-refractivity contribution in [1.29, 1.82) is 0 Å². The zero-order valence-corrected chi connectivity index (χ0v) is 13.8. The molecule has 0 radical (unpaired) electrons. The zero-order chi connectivity index (χ0) is 17.7. The Bertz CT molecular complexity index is 1330. The topological polar surface area (TPSA) is 111 Å². The Kier molecular flexibility index (Phi) is 2.99. The maximum absolute atomic E-state index is 11.4. The number of aromatic amines is 3. The number of rotatable bonds is 3. The van der Waals surface area contributed by atoms with E-state index in [2.05, 4.69) is 25.5 Å². The van der Waals surface area contributed by atoms with Gasteiger partial charge in [-0.15, -0.1) is 0 Å². The number of hydrogen-bond acceptors (Lipinski definition) is 5. The Morgan fingerprint density at radius 1 is 1.04 bits per heavy atom. The molecule has 3 heterocycles. The molecular weight excluding hydrogens is 332 g/mol. The van der Waals surface area contributed by atoms with E-state index in [0.717, 1.165) is 44.3 Å². The van der Waals surface area contributed by atoms with Crippen molar-refractivity contribution in [2.45, 2.75) is 0 Å². The van der Waals surface area contributed by atoms with Crippen LogP contribution in [-0.4, -0.2) is 32.3 Å². The van der Waals surface area contributed by atoms with Crippen LogP contribution in [0.15, 0.2) is 47.4 Å². The van der Waals surface area contributed by atoms with Crippen molar-refractivity contribution < 1.29 is 4.74 Å². The van der Waals surface area contributed by atoms with Gasteiger partial charge in [-0.2, -0.15) is 5.10 Å². The first-order chi connectivity index (χ1) is 12.7. The molecule has 0 spiro atoms. The fourth-order valence-corrected chi connectivity index (χ4v) is 3.14. The number of fused-ring (bicyclic) bond motifs is 4. The quantitative estimate of drug-likeness (QED) is 0.401. The number of nitrogens with one attached hydrogen (secondary N) is 4. The molecule has 2 aromatic carbocycles. The highest BCUT2D eigenvalue weighted by Gasteiger charge is 2.12. The first-order valence-electron chi connectivity index (χ1n) is 8.01. The fourth-order valence-electron chi connectivity index (χ4n) is 3.14. The van der Waals surface area contributed by atoms with Gasteiger partial charge in [0.1, 0.15) is 11.3 Å². The summed E-state index contributed by atoms with van der Waals surface area (Å²) >= 11 is 0. The van der Waals surface area contributed by atoms with Gasteiger partial charge < -0.3 is 20.0 Å². The first kappa shape index (κ1) is 14.5. The van der Waals surface area contributed by atoms with Crippen LogP contribution in [0.5, 0.6) is 5.75 Å². The first-order valence-corrected chi connectivity index (χ1v) is 8.01. The molecule has 0 fully saturated rings. The van der Waals surface area contributed by atoms with Crippen LogP contribution in [0.2, 0.25) is 0 Å². The smallest absolute Gasteiger partial charge is 0.323 e. The van der Waals surface area contributed by atoms with E-state index in [1.54, 1.807) is 7.11 Å². The SMILES string of the molecule is COc1ccc2nc(Nc3ccc4[nH]c(=O)[nH]c4c3)c3n[nH]cc3c2c1. The summed E-state index contributed by atoms with van der Waals surface area (Å²) in [6, 6.07) is 11.3. The highest BCUT2D eigenvalue weighted by Crippen LogP contribution is 2.31. The molecule has 0 unspecified atom stereocenters. The van der Waals surface area contributed by atoms with Crippen molar-refractivity contribution in [2.24, 2.45) is 0 Å². The van der Waals surface area contributed by atoms with Crippen LogP contribution in [0.25, 0.3) is 32.8 Å². The minimum absolute atomic E-state index is 0.232. The predicted molar refractivity (Wildman–Crippen MR) is 100 cm³/mol. The van der Waals surface area contributed by atoms with Crippen LogP contribution in [0.4, 0.5) is 11.5 Å². The van der Waals surface area contributed by atoms with E-state index < -0.39 is 0 Å². The number of imidazole rings is 1. The van der Waals surface area contributed by atoms with Gasteiger partial charge in [0, 0.05) is 22.7 Å². The standard InChI is InChI=1S/C18H14N6O2/c1-26-10-3-5-13-11(7-10)12-8-19-24-16(12)17(21-13)20-9-2-4-14-15(6-9)23-18(25)22-14/h2-8H,1H3,(H,19,24)(H,20,21)(H2,22,23,25). The molecule has 5 aromatic rings. The minimum Gasteiger partial charge on any atom is -0.497 e. The van der Waals surface area contributed by atoms with Crippen LogP contribution in [0, 0.1) is 0 Å². The van der Waals surface area contributed by atoms with E-state index in [-0.39, 0.29) is 5.69 Å². The largest absolute Gasteiger partial charge is 0.497 e. The van der Waals surface area contributed by atoms with Crippen molar-refractivity contribution >= 4 is 44.3 Å². The maximum atomic E-state index is 11.4. The van der Waals surface area contributed by atoms with Gasteiger partial charge in [-0.25, -0.2) is 9.78 Å². The second-order valence-electron chi connectivity index (χ2n) is 5.96. The summed E-state index contributed by atoms with van der Waals surface area (Å²) in [4.78, 5) is 21.6. The summed E-state index contributed by atoms with van der Waals surface area (Å²) in [6.07, 6.45) is 1.84.